The Morgan fingerprint density at radius 1 is 1.43 bits per heavy atom. The summed E-state index contributed by atoms with van der Waals surface area (Å²) in [6, 6.07) is 2.78. The number of nitro benzene ring substituents is 1. The topological polar surface area (TPSA) is 80.4 Å². The molecule has 0 atom stereocenters. The van der Waals surface area contributed by atoms with Gasteiger partial charge < -0.3 is 5.11 Å². The molecule has 1 N–H and O–H groups in total. The first-order valence-corrected chi connectivity index (χ1v) is 3.92. The van der Waals surface area contributed by atoms with E-state index in [0.29, 0.717) is 5.56 Å². The number of carboxylic acid groups (broad SMARTS) is 1. The van der Waals surface area contributed by atoms with Gasteiger partial charge in [0.05, 0.1) is 10.5 Å². The summed E-state index contributed by atoms with van der Waals surface area (Å²) in [7, 11) is 0. The van der Waals surface area contributed by atoms with Crippen molar-refractivity contribution >= 4 is 11.7 Å². The van der Waals surface area contributed by atoms with Crippen LogP contribution in [-0.2, 0) is 0 Å². The van der Waals surface area contributed by atoms with Crippen molar-refractivity contribution < 1.29 is 14.8 Å². The third-order valence-corrected chi connectivity index (χ3v) is 1.95. The molecule has 0 aromatic heterocycles. The fourth-order valence-electron chi connectivity index (χ4n) is 1.25. The number of hydrogen-bond donors (Lipinski definition) is 1. The predicted molar refractivity (Wildman–Crippen MR) is 49.5 cm³/mol. The maximum absolute atomic E-state index is 10.7. The summed E-state index contributed by atoms with van der Waals surface area (Å²) in [6.45, 7) is 3.06. The van der Waals surface area contributed by atoms with E-state index in [0.717, 1.165) is 0 Å². The largest absolute Gasteiger partial charge is 0.478 e. The van der Waals surface area contributed by atoms with Gasteiger partial charge in [0.15, 0.2) is 0 Å². The van der Waals surface area contributed by atoms with Gasteiger partial charge in [-0.1, -0.05) is 0 Å². The summed E-state index contributed by atoms with van der Waals surface area (Å²) in [6.07, 6.45) is 0. The molecule has 0 heterocycles. The summed E-state index contributed by atoms with van der Waals surface area (Å²) in [5.74, 6) is -1.14. The van der Waals surface area contributed by atoms with E-state index in [-0.39, 0.29) is 16.8 Å². The lowest BCUT2D eigenvalue weighted by atomic mass is 10.0. The van der Waals surface area contributed by atoms with Crippen LogP contribution in [0, 0.1) is 24.0 Å². The molecule has 0 aliphatic carbocycles. The fraction of sp³-hybridized carbons (Fsp3) is 0.222. The number of benzene rings is 1. The molecule has 0 bridgehead atoms. The summed E-state index contributed by atoms with van der Waals surface area (Å²) < 4.78 is 0. The Hall–Kier alpha value is -1.91. The zero-order valence-electron chi connectivity index (χ0n) is 7.77. The lowest BCUT2D eigenvalue weighted by molar-refractivity contribution is -0.385. The molecule has 1 aromatic rings. The van der Waals surface area contributed by atoms with Crippen LogP contribution in [-0.4, -0.2) is 16.0 Å². The molecule has 1 rings (SSSR count). The molecular formula is C9H9NO4. The first-order valence-electron chi connectivity index (χ1n) is 3.92. The molecule has 5 nitrogen and oxygen atoms in total. The molecule has 14 heavy (non-hydrogen) atoms. The van der Waals surface area contributed by atoms with E-state index in [2.05, 4.69) is 0 Å². The SMILES string of the molecule is Cc1cc(C(=O)O)c(C)c([N+](=O)[O-])c1. The second kappa shape index (κ2) is 3.45. The van der Waals surface area contributed by atoms with Crippen LogP contribution < -0.4 is 0 Å². The summed E-state index contributed by atoms with van der Waals surface area (Å²) >= 11 is 0. The quantitative estimate of drug-likeness (QED) is 0.577. The van der Waals surface area contributed by atoms with Crippen molar-refractivity contribution in [2.45, 2.75) is 13.8 Å². The van der Waals surface area contributed by atoms with Crippen molar-refractivity contribution in [2.24, 2.45) is 0 Å². The number of rotatable bonds is 2. The highest BCUT2D eigenvalue weighted by molar-refractivity contribution is 5.90. The number of carboxylic acids is 1. The highest BCUT2D eigenvalue weighted by Crippen LogP contribution is 2.23. The number of hydrogen-bond acceptors (Lipinski definition) is 3. The zero-order chi connectivity index (χ0) is 10.9. The average Bonchev–Trinajstić information content (AvgIpc) is 2.07. The minimum atomic E-state index is -1.14. The van der Waals surface area contributed by atoms with Crippen LogP contribution in [0.15, 0.2) is 12.1 Å². The Morgan fingerprint density at radius 2 is 2.00 bits per heavy atom. The van der Waals surface area contributed by atoms with Crippen molar-refractivity contribution in [3.63, 3.8) is 0 Å². The van der Waals surface area contributed by atoms with Crippen molar-refractivity contribution in [1.29, 1.82) is 0 Å². The zero-order valence-corrected chi connectivity index (χ0v) is 7.77. The molecular weight excluding hydrogens is 186 g/mol. The molecule has 1 aromatic carbocycles. The minimum Gasteiger partial charge on any atom is -0.478 e. The second-order valence-electron chi connectivity index (χ2n) is 3.02. The van der Waals surface area contributed by atoms with Gasteiger partial charge in [-0.15, -0.1) is 0 Å². The van der Waals surface area contributed by atoms with Gasteiger partial charge in [-0.05, 0) is 25.5 Å². The van der Waals surface area contributed by atoms with Gasteiger partial charge in [-0.25, -0.2) is 4.79 Å². The smallest absolute Gasteiger partial charge is 0.336 e. The highest BCUT2D eigenvalue weighted by atomic mass is 16.6. The molecule has 0 unspecified atom stereocenters. The van der Waals surface area contributed by atoms with E-state index in [1.807, 2.05) is 0 Å². The van der Waals surface area contributed by atoms with E-state index >= 15 is 0 Å². The first-order chi connectivity index (χ1) is 6.43. The number of nitro groups is 1. The van der Waals surface area contributed by atoms with Crippen LogP contribution >= 0.6 is 0 Å². The Morgan fingerprint density at radius 3 is 2.43 bits per heavy atom. The molecule has 5 heteroatoms. The molecule has 74 valence electrons. The van der Waals surface area contributed by atoms with Gasteiger partial charge in [0.1, 0.15) is 0 Å². The van der Waals surface area contributed by atoms with Gasteiger partial charge in [-0.3, -0.25) is 10.1 Å². The fourth-order valence-corrected chi connectivity index (χ4v) is 1.25. The summed E-state index contributed by atoms with van der Waals surface area (Å²) in [4.78, 5) is 20.7. The van der Waals surface area contributed by atoms with Crippen molar-refractivity contribution in [1.82, 2.24) is 0 Å². The lowest BCUT2D eigenvalue weighted by Gasteiger charge is -2.03. The van der Waals surface area contributed by atoms with Crippen molar-refractivity contribution in [3.8, 4) is 0 Å². The Balaban J connectivity index is 3.47. The van der Waals surface area contributed by atoms with E-state index in [4.69, 9.17) is 5.11 Å². The predicted octanol–water partition coefficient (Wildman–Crippen LogP) is 1.91. The molecule has 0 aliphatic rings. The molecule has 0 radical (unpaired) electrons. The maximum atomic E-state index is 10.7. The molecule has 0 amide bonds. The number of carbonyl (C=O) groups is 1. The van der Waals surface area contributed by atoms with Crippen LogP contribution in [0.1, 0.15) is 21.5 Å². The van der Waals surface area contributed by atoms with Gasteiger partial charge in [-0.2, -0.15) is 0 Å². The molecule has 0 fully saturated rings. The van der Waals surface area contributed by atoms with E-state index in [1.54, 1.807) is 6.92 Å². The standard InChI is InChI=1S/C9H9NO4/c1-5-3-7(9(11)12)6(2)8(4-5)10(13)14/h3-4H,1-2H3,(H,11,12). The molecule has 0 aliphatic heterocycles. The van der Waals surface area contributed by atoms with Crippen LogP contribution in [0.25, 0.3) is 0 Å². The monoisotopic (exact) mass is 195 g/mol. The summed E-state index contributed by atoms with van der Waals surface area (Å²) in [5.41, 5.74) is 0.590. The van der Waals surface area contributed by atoms with Gasteiger partial charge in [0.2, 0.25) is 0 Å². The third kappa shape index (κ3) is 1.71. The van der Waals surface area contributed by atoms with Gasteiger partial charge >= 0.3 is 5.97 Å². The van der Waals surface area contributed by atoms with E-state index < -0.39 is 10.9 Å². The molecule has 0 saturated carbocycles. The molecule has 0 spiro atoms. The molecule has 0 saturated heterocycles. The van der Waals surface area contributed by atoms with Gasteiger partial charge in [0, 0.05) is 11.6 Å². The van der Waals surface area contributed by atoms with Crippen LogP contribution in [0.4, 0.5) is 5.69 Å². The summed E-state index contributed by atoms with van der Waals surface area (Å²) in [5, 5.41) is 19.3. The van der Waals surface area contributed by atoms with Crippen molar-refractivity contribution in [3.05, 3.63) is 38.9 Å². The Bertz CT molecular complexity index is 376. The number of aryl methyl sites for hydroxylation is 1. The number of aromatic carboxylic acids is 1. The first kappa shape index (κ1) is 10.2. The van der Waals surface area contributed by atoms with Crippen LogP contribution in [0.3, 0.4) is 0 Å². The Kier molecular flexibility index (Phi) is 2.51. The van der Waals surface area contributed by atoms with Gasteiger partial charge in [0.25, 0.3) is 5.69 Å². The number of nitrogens with zero attached hydrogens (tertiary/aromatic N) is 1. The average molecular weight is 195 g/mol. The van der Waals surface area contributed by atoms with Crippen molar-refractivity contribution in [2.75, 3.05) is 0 Å². The lowest BCUT2D eigenvalue weighted by Crippen LogP contribution is -2.03. The second-order valence-corrected chi connectivity index (χ2v) is 3.02. The van der Waals surface area contributed by atoms with E-state index in [9.17, 15) is 14.9 Å². The normalized spacial score (nSPS) is 9.86. The van der Waals surface area contributed by atoms with Crippen LogP contribution in [0.5, 0.6) is 0 Å². The van der Waals surface area contributed by atoms with Crippen LogP contribution in [0.2, 0.25) is 0 Å². The maximum Gasteiger partial charge on any atom is 0.336 e. The third-order valence-electron chi connectivity index (χ3n) is 1.95. The highest BCUT2D eigenvalue weighted by Gasteiger charge is 2.18. The Labute approximate surface area is 80.1 Å². The minimum absolute atomic E-state index is 0.0169. The van der Waals surface area contributed by atoms with E-state index in [1.165, 1.54) is 19.1 Å².